The number of rotatable bonds is 4. The van der Waals surface area contributed by atoms with Crippen LogP contribution in [0.2, 0.25) is 0 Å². The number of aromatic nitrogens is 3. The highest BCUT2D eigenvalue weighted by Gasteiger charge is 2.32. The van der Waals surface area contributed by atoms with Crippen LogP contribution in [0.25, 0.3) is 0 Å². The molecule has 0 amide bonds. The Hall–Kier alpha value is -1.83. The highest BCUT2D eigenvalue weighted by Crippen LogP contribution is 2.30. The lowest BCUT2D eigenvalue weighted by atomic mass is 10.1. The molecule has 0 saturated carbocycles. The summed E-state index contributed by atoms with van der Waals surface area (Å²) in [4.78, 5) is 11.7. The molecular formula is C14H14F3N3OS. The van der Waals surface area contributed by atoms with Crippen LogP contribution in [0.5, 0.6) is 5.75 Å². The summed E-state index contributed by atoms with van der Waals surface area (Å²) in [6.07, 6.45) is -1.69. The predicted octanol–water partition coefficient (Wildman–Crippen LogP) is 3.81. The first-order chi connectivity index (χ1) is 10.3. The van der Waals surface area contributed by atoms with E-state index in [1.165, 1.54) is 0 Å². The second-order valence-corrected chi connectivity index (χ2v) is 5.50. The zero-order valence-electron chi connectivity index (χ0n) is 12.2. The van der Waals surface area contributed by atoms with E-state index >= 15 is 0 Å². The van der Waals surface area contributed by atoms with Gasteiger partial charge in [0.15, 0.2) is 5.16 Å². The second kappa shape index (κ2) is 6.51. The molecular weight excluding hydrogens is 315 g/mol. The van der Waals surface area contributed by atoms with Crippen LogP contribution in [0.15, 0.2) is 23.6 Å². The number of hydrogen-bond acceptors (Lipinski definition) is 5. The van der Waals surface area contributed by atoms with Crippen molar-refractivity contribution in [2.24, 2.45) is 0 Å². The monoisotopic (exact) mass is 329 g/mol. The highest BCUT2D eigenvalue weighted by molar-refractivity contribution is 7.98. The van der Waals surface area contributed by atoms with Crippen LogP contribution in [0.3, 0.4) is 0 Å². The standard InChI is InChI=1S/C14H14F3N3OS/c1-8-6-19-10(9(2)12(8)21-3)7-22-13-18-5-4-11(20-13)14(15,16)17/h4-6H,7H2,1-3H3. The number of thioether (sulfide) groups is 1. The van der Waals surface area contributed by atoms with E-state index < -0.39 is 11.9 Å². The number of hydrogen-bond donors (Lipinski definition) is 0. The molecule has 2 rings (SSSR count). The minimum Gasteiger partial charge on any atom is -0.496 e. The summed E-state index contributed by atoms with van der Waals surface area (Å²) in [7, 11) is 1.57. The van der Waals surface area contributed by atoms with Gasteiger partial charge >= 0.3 is 6.18 Å². The number of nitrogens with zero attached hydrogens (tertiary/aromatic N) is 3. The lowest BCUT2D eigenvalue weighted by Crippen LogP contribution is -2.08. The van der Waals surface area contributed by atoms with Crippen LogP contribution in [0.1, 0.15) is 22.5 Å². The number of alkyl halides is 3. The molecule has 0 radical (unpaired) electrons. The van der Waals surface area contributed by atoms with Crippen LogP contribution in [-0.2, 0) is 11.9 Å². The topological polar surface area (TPSA) is 47.9 Å². The third-order valence-corrected chi connectivity index (χ3v) is 3.88. The van der Waals surface area contributed by atoms with Crippen LogP contribution in [0, 0.1) is 13.8 Å². The Morgan fingerprint density at radius 2 is 1.95 bits per heavy atom. The van der Waals surface area contributed by atoms with Gasteiger partial charge in [0.1, 0.15) is 11.4 Å². The van der Waals surface area contributed by atoms with Crippen LogP contribution in [-0.4, -0.2) is 22.1 Å². The molecule has 0 N–H and O–H groups in total. The Kier molecular flexibility index (Phi) is 4.90. The minimum absolute atomic E-state index is 0.0653. The van der Waals surface area contributed by atoms with Crippen LogP contribution >= 0.6 is 11.8 Å². The summed E-state index contributed by atoms with van der Waals surface area (Å²) in [6, 6.07) is 0.850. The summed E-state index contributed by atoms with van der Waals surface area (Å²) >= 11 is 1.10. The number of pyridine rings is 1. The van der Waals surface area contributed by atoms with Crippen molar-refractivity contribution >= 4 is 11.8 Å². The van der Waals surface area contributed by atoms with E-state index in [0.29, 0.717) is 5.75 Å². The minimum atomic E-state index is -4.47. The fraction of sp³-hybridized carbons (Fsp3) is 0.357. The lowest BCUT2D eigenvalue weighted by Gasteiger charge is -2.12. The first-order valence-electron chi connectivity index (χ1n) is 6.35. The Morgan fingerprint density at radius 3 is 2.59 bits per heavy atom. The summed E-state index contributed by atoms with van der Waals surface area (Å²) in [5.74, 6) is 1.10. The van der Waals surface area contributed by atoms with Crippen LogP contribution in [0.4, 0.5) is 13.2 Å². The van der Waals surface area contributed by atoms with E-state index in [4.69, 9.17) is 4.74 Å². The third kappa shape index (κ3) is 3.68. The summed E-state index contributed by atoms with van der Waals surface area (Å²) in [6.45, 7) is 3.74. The molecule has 118 valence electrons. The molecule has 0 aliphatic carbocycles. The zero-order chi connectivity index (χ0) is 16.3. The van der Waals surface area contributed by atoms with Crippen molar-refractivity contribution in [1.29, 1.82) is 0 Å². The van der Waals surface area contributed by atoms with Gasteiger partial charge in [0.25, 0.3) is 0 Å². The van der Waals surface area contributed by atoms with Gasteiger partial charge in [-0.1, -0.05) is 11.8 Å². The molecule has 0 atom stereocenters. The van der Waals surface area contributed by atoms with Gasteiger partial charge in [-0.15, -0.1) is 0 Å². The Bertz CT molecular complexity index is 677. The summed E-state index contributed by atoms with van der Waals surface area (Å²) < 4.78 is 43.1. The van der Waals surface area contributed by atoms with Crippen LogP contribution < -0.4 is 4.74 Å². The van der Waals surface area contributed by atoms with Gasteiger partial charge in [-0.25, -0.2) is 9.97 Å². The average molecular weight is 329 g/mol. The smallest absolute Gasteiger partial charge is 0.433 e. The van der Waals surface area contributed by atoms with Crippen molar-refractivity contribution in [2.75, 3.05) is 7.11 Å². The molecule has 22 heavy (non-hydrogen) atoms. The van der Waals surface area contributed by atoms with Gasteiger partial charge < -0.3 is 4.74 Å². The van der Waals surface area contributed by atoms with Crippen molar-refractivity contribution in [3.8, 4) is 5.75 Å². The van der Waals surface area contributed by atoms with Gasteiger partial charge in [-0.05, 0) is 19.9 Å². The van der Waals surface area contributed by atoms with Crippen molar-refractivity contribution < 1.29 is 17.9 Å². The van der Waals surface area contributed by atoms with Crippen molar-refractivity contribution in [2.45, 2.75) is 30.9 Å². The first kappa shape index (κ1) is 16.5. The SMILES string of the molecule is COc1c(C)cnc(CSc2nccc(C(F)(F)F)n2)c1C. The van der Waals surface area contributed by atoms with Gasteiger partial charge in [-0.2, -0.15) is 13.2 Å². The highest BCUT2D eigenvalue weighted by atomic mass is 32.2. The number of aryl methyl sites for hydroxylation is 1. The maximum atomic E-state index is 12.6. The van der Waals surface area contributed by atoms with E-state index in [1.54, 1.807) is 13.3 Å². The molecule has 0 spiro atoms. The predicted molar refractivity (Wildman–Crippen MR) is 76.9 cm³/mol. The molecule has 0 aliphatic heterocycles. The fourth-order valence-electron chi connectivity index (χ4n) is 1.92. The van der Waals surface area contributed by atoms with Gasteiger partial charge in [0.05, 0.1) is 12.8 Å². The molecule has 2 aromatic heterocycles. The van der Waals surface area contributed by atoms with Crippen molar-refractivity contribution in [3.63, 3.8) is 0 Å². The second-order valence-electron chi connectivity index (χ2n) is 4.56. The van der Waals surface area contributed by atoms with Crippen molar-refractivity contribution in [3.05, 3.63) is 41.0 Å². The fourth-order valence-corrected chi connectivity index (χ4v) is 2.77. The Labute approximate surface area is 130 Å². The molecule has 0 aromatic carbocycles. The van der Waals surface area contributed by atoms with E-state index in [0.717, 1.165) is 46.6 Å². The third-order valence-electron chi connectivity index (χ3n) is 3.01. The largest absolute Gasteiger partial charge is 0.496 e. The zero-order valence-corrected chi connectivity index (χ0v) is 13.0. The first-order valence-corrected chi connectivity index (χ1v) is 7.33. The Balaban J connectivity index is 2.17. The van der Waals surface area contributed by atoms with Gasteiger partial charge in [0.2, 0.25) is 0 Å². The van der Waals surface area contributed by atoms with E-state index in [1.807, 2.05) is 13.8 Å². The number of methoxy groups -OCH3 is 1. The average Bonchev–Trinajstić information content (AvgIpc) is 2.46. The van der Waals surface area contributed by atoms with Gasteiger partial charge in [-0.3, -0.25) is 4.98 Å². The molecule has 0 fully saturated rings. The Morgan fingerprint density at radius 1 is 1.23 bits per heavy atom. The molecule has 0 saturated heterocycles. The molecule has 0 bridgehead atoms. The molecule has 8 heteroatoms. The quantitative estimate of drug-likeness (QED) is 0.630. The van der Waals surface area contributed by atoms with E-state index in [-0.39, 0.29) is 5.16 Å². The molecule has 4 nitrogen and oxygen atoms in total. The van der Waals surface area contributed by atoms with Gasteiger partial charge in [0, 0.05) is 29.3 Å². The molecule has 0 aliphatic rings. The van der Waals surface area contributed by atoms with E-state index in [2.05, 4.69) is 15.0 Å². The molecule has 2 aromatic rings. The maximum absolute atomic E-state index is 12.6. The lowest BCUT2D eigenvalue weighted by molar-refractivity contribution is -0.141. The molecule has 2 heterocycles. The van der Waals surface area contributed by atoms with Crippen molar-refractivity contribution in [1.82, 2.24) is 15.0 Å². The summed E-state index contributed by atoms with van der Waals surface area (Å²) in [5, 5.41) is 0.0653. The number of halogens is 3. The molecule has 0 unspecified atom stereocenters. The summed E-state index contributed by atoms with van der Waals surface area (Å²) in [5.41, 5.74) is 1.55. The maximum Gasteiger partial charge on any atom is 0.433 e. The number of ether oxygens (including phenoxy) is 1. The van der Waals surface area contributed by atoms with E-state index in [9.17, 15) is 13.2 Å². The normalized spacial score (nSPS) is 11.5.